The maximum atomic E-state index is 12.8. The van der Waals surface area contributed by atoms with Gasteiger partial charge in [0.1, 0.15) is 5.39 Å². The number of halogens is 1. The van der Waals surface area contributed by atoms with E-state index in [2.05, 4.69) is 15.0 Å². The molecule has 0 unspecified atom stereocenters. The van der Waals surface area contributed by atoms with E-state index in [0.717, 1.165) is 10.1 Å². The average molecular weight is 380 g/mol. The molecule has 1 aromatic carbocycles. The molecule has 0 fully saturated rings. The standard InChI is InChI=1S/C19H14ClN5O2/c1-24-17-15(10-22-16(23-17)12-5-7-13(20)8-6-12)18(26)25(19(24)27)11-14-4-2-3-9-21-14/h2-10H,11H2,1H3. The predicted octanol–water partition coefficient (Wildman–Crippen LogP) is 2.25. The van der Waals surface area contributed by atoms with E-state index in [1.807, 2.05) is 0 Å². The molecule has 0 radical (unpaired) electrons. The van der Waals surface area contributed by atoms with Crippen LogP contribution in [0.2, 0.25) is 5.02 Å². The van der Waals surface area contributed by atoms with E-state index in [1.54, 1.807) is 55.7 Å². The van der Waals surface area contributed by atoms with Crippen molar-refractivity contribution in [1.82, 2.24) is 24.1 Å². The lowest BCUT2D eigenvalue weighted by Crippen LogP contribution is -2.39. The van der Waals surface area contributed by atoms with Crippen molar-refractivity contribution in [2.24, 2.45) is 7.05 Å². The Morgan fingerprint density at radius 2 is 1.81 bits per heavy atom. The Morgan fingerprint density at radius 1 is 1.04 bits per heavy atom. The number of pyridine rings is 1. The minimum Gasteiger partial charge on any atom is -0.280 e. The highest BCUT2D eigenvalue weighted by atomic mass is 35.5. The van der Waals surface area contributed by atoms with Crippen LogP contribution in [-0.2, 0) is 13.6 Å². The van der Waals surface area contributed by atoms with Crippen molar-refractivity contribution in [2.45, 2.75) is 6.54 Å². The average Bonchev–Trinajstić information content (AvgIpc) is 2.70. The first-order valence-corrected chi connectivity index (χ1v) is 8.55. The van der Waals surface area contributed by atoms with E-state index in [4.69, 9.17) is 11.6 Å². The van der Waals surface area contributed by atoms with Crippen LogP contribution in [0.3, 0.4) is 0 Å². The SMILES string of the molecule is Cn1c(=O)n(Cc2ccccn2)c(=O)c2cnc(-c3ccc(Cl)cc3)nc21. The van der Waals surface area contributed by atoms with Gasteiger partial charge in [-0.1, -0.05) is 17.7 Å². The topological polar surface area (TPSA) is 82.7 Å². The molecule has 7 nitrogen and oxygen atoms in total. The first-order chi connectivity index (χ1) is 13.0. The maximum absolute atomic E-state index is 12.8. The molecule has 0 bridgehead atoms. The van der Waals surface area contributed by atoms with E-state index in [1.165, 1.54) is 10.8 Å². The molecule has 27 heavy (non-hydrogen) atoms. The summed E-state index contributed by atoms with van der Waals surface area (Å²) >= 11 is 5.91. The van der Waals surface area contributed by atoms with Gasteiger partial charge in [0.15, 0.2) is 11.5 Å². The number of nitrogens with zero attached hydrogens (tertiary/aromatic N) is 5. The molecule has 0 amide bonds. The molecule has 0 aliphatic carbocycles. The number of hydrogen-bond donors (Lipinski definition) is 0. The summed E-state index contributed by atoms with van der Waals surface area (Å²) in [5.41, 5.74) is 0.740. The number of aromatic nitrogens is 5. The first-order valence-electron chi connectivity index (χ1n) is 8.17. The Balaban J connectivity index is 1.88. The lowest BCUT2D eigenvalue weighted by Gasteiger charge is -2.10. The third-order valence-corrected chi connectivity index (χ3v) is 4.48. The summed E-state index contributed by atoms with van der Waals surface area (Å²) in [6.07, 6.45) is 3.07. The third kappa shape index (κ3) is 3.13. The largest absolute Gasteiger partial charge is 0.332 e. The van der Waals surface area contributed by atoms with Gasteiger partial charge in [0.05, 0.1) is 12.2 Å². The third-order valence-electron chi connectivity index (χ3n) is 4.23. The maximum Gasteiger partial charge on any atom is 0.332 e. The number of aryl methyl sites for hydroxylation is 1. The van der Waals surface area contributed by atoms with Crippen LogP contribution in [-0.4, -0.2) is 24.1 Å². The smallest absolute Gasteiger partial charge is 0.280 e. The summed E-state index contributed by atoms with van der Waals surface area (Å²) in [5.74, 6) is 0.413. The van der Waals surface area contributed by atoms with Crippen molar-refractivity contribution in [3.05, 3.63) is 86.4 Å². The molecule has 3 aromatic heterocycles. The molecule has 0 saturated heterocycles. The van der Waals surface area contributed by atoms with Gasteiger partial charge in [-0.3, -0.25) is 18.9 Å². The van der Waals surface area contributed by atoms with Gasteiger partial charge in [-0.25, -0.2) is 14.8 Å². The lowest BCUT2D eigenvalue weighted by molar-refractivity contribution is 0.646. The van der Waals surface area contributed by atoms with Gasteiger partial charge in [0, 0.05) is 30.0 Å². The molecule has 0 N–H and O–H groups in total. The first kappa shape index (κ1) is 17.1. The van der Waals surface area contributed by atoms with Crippen molar-refractivity contribution in [3.63, 3.8) is 0 Å². The highest BCUT2D eigenvalue weighted by molar-refractivity contribution is 6.30. The van der Waals surface area contributed by atoms with E-state index in [0.29, 0.717) is 16.5 Å². The van der Waals surface area contributed by atoms with Crippen LogP contribution in [0.15, 0.2) is 64.4 Å². The van der Waals surface area contributed by atoms with Crippen LogP contribution in [0.25, 0.3) is 22.4 Å². The molecule has 0 aliphatic heterocycles. The Labute approximate surface area is 158 Å². The van der Waals surface area contributed by atoms with Crippen molar-refractivity contribution in [3.8, 4) is 11.4 Å². The predicted molar refractivity (Wildman–Crippen MR) is 103 cm³/mol. The van der Waals surface area contributed by atoms with Crippen molar-refractivity contribution >= 4 is 22.6 Å². The summed E-state index contributed by atoms with van der Waals surface area (Å²) in [5, 5.41) is 0.870. The van der Waals surface area contributed by atoms with Crippen LogP contribution in [0, 0.1) is 0 Å². The van der Waals surface area contributed by atoms with Gasteiger partial charge < -0.3 is 0 Å². The van der Waals surface area contributed by atoms with Crippen molar-refractivity contribution in [2.75, 3.05) is 0 Å². The molecule has 0 aliphatic rings. The fourth-order valence-corrected chi connectivity index (χ4v) is 2.94. The Morgan fingerprint density at radius 3 is 2.52 bits per heavy atom. The Hall–Kier alpha value is -3.32. The molecule has 0 spiro atoms. The molecule has 0 atom stereocenters. The van der Waals surface area contributed by atoms with E-state index in [-0.39, 0.29) is 17.6 Å². The Kier molecular flexibility index (Phi) is 4.29. The van der Waals surface area contributed by atoms with Crippen LogP contribution in [0.1, 0.15) is 5.69 Å². The highest BCUT2D eigenvalue weighted by Crippen LogP contribution is 2.19. The van der Waals surface area contributed by atoms with Crippen LogP contribution in [0.5, 0.6) is 0 Å². The number of fused-ring (bicyclic) bond motifs is 1. The Bertz CT molecular complexity index is 1250. The zero-order valence-electron chi connectivity index (χ0n) is 14.3. The van der Waals surface area contributed by atoms with E-state index in [9.17, 15) is 9.59 Å². The molecular formula is C19H14ClN5O2. The van der Waals surface area contributed by atoms with Crippen LogP contribution >= 0.6 is 11.6 Å². The number of rotatable bonds is 3. The van der Waals surface area contributed by atoms with E-state index >= 15 is 0 Å². The molecule has 8 heteroatoms. The minimum absolute atomic E-state index is 0.0845. The van der Waals surface area contributed by atoms with Gasteiger partial charge in [0.25, 0.3) is 5.56 Å². The molecule has 4 aromatic rings. The lowest BCUT2D eigenvalue weighted by atomic mass is 10.2. The normalized spacial score (nSPS) is 11.0. The summed E-state index contributed by atoms with van der Waals surface area (Å²) in [7, 11) is 1.58. The summed E-state index contributed by atoms with van der Waals surface area (Å²) in [6.45, 7) is 0.0845. The fraction of sp³-hybridized carbons (Fsp3) is 0.105. The second kappa shape index (κ2) is 6.77. The molecule has 4 rings (SSSR count). The molecule has 134 valence electrons. The summed E-state index contributed by atoms with van der Waals surface area (Å²) in [4.78, 5) is 38.4. The zero-order chi connectivity index (χ0) is 19.0. The second-order valence-corrected chi connectivity index (χ2v) is 6.43. The van der Waals surface area contributed by atoms with Crippen molar-refractivity contribution < 1.29 is 0 Å². The van der Waals surface area contributed by atoms with Gasteiger partial charge in [0.2, 0.25) is 0 Å². The van der Waals surface area contributed by atoms with Gasteiger partial charge in [-0.05, 0) is 36.4 Å². The second-order valence-electron chi connectivity index (χ2n) is 5.99. The number of hydrogen-bond acceptors (Lipinski definition) is 5. The van der Waals surface area contributed by atoms with Crippen LogP contribution in [0.4, 0.5) is 0 Å². The molecular weight excluding hydrogens is 366 g/mol. The van der Waals surface area contributed by atoms with Gasteiger partial charge in [-0.2, -0.15) is 0 Å². The van der Waals surface area contributed by atoms with Crippen LogP contribution < -0.4 is 11.2 Å². The van der Waals surface area contributed by atoms with Crippen molar-refractivity contribution in [1.29, 1.82) is 0 Å². The highest BCUT2D eigenvalue weighted by Gasteiger charge is 2.14. The molecule has 3 heterocycles. The minimum atomic E-state index is -0.459. The number of benzene rings is 1. The monoisotopic (exact) mass is 379 g/mol. The summed E-state index contributed by atoms with van der Waals surface area (Å²) < 4.78 is 2.48. The fourth-order valence-electron chi connectivity index (χ4n) is 2.81. The zero-order valence-corrected chi connectivity index (χ0v) is 15.1. The van der Waals surface area contributed by atoms with E-state index < -0.39 is 11.2 Å². The quantitative estimate of drug-likeness (QED) is 0.545. The van der Waals surface area contributed by atoms with Gasteiger partial charge >= 0.3 is 5.69 Å². The summed E-state index contributed by atoms with van der Waals surface area (Å²) in [6, 6.07) is 12.4. The molecule has 0 saturated carbocycles. The van der Waals surface area contributed by atoms with Gasteiger partial charge in [-0.15, -0.1) is 0 Å².